The van der Waals surface area contributed by atoms with E-state index >= 15 is 0 Å². The van der Waals surface area contributed by atoms with Gasteiger partial charge in [-0.1, -0.05) is 0 Å². The Bertz CT molecular complexity index is 425. The highest BCUT2D eigenvalue weighted by atomic mass is 16.6. The second kappa shape index (κ2) is 7.38. The number of rotatable bonds is 3. The van der Waals surface area contributed by atoms with Gasteiger partial charge in [-0.2, -0.15) is 0 Å². The van der Waals surface area contributed by atoms with E-state index in [9.17, 15) is 14.7 Å². The standard InChI is InChI=1S/C16H30N2O5/c1-15(2,3)22-13(20)17-7-11-8-18(9-12(11)10-19)14(21)23-16(4,5)6/h11-12,19H,7-10H2,1-6H3,(H,17,20)/t11-,12+/m1/s1. The summed E-state index contributed by atoms with van der Waals surface area (Å²) < 4.78 is 10.5. The Balaban J connectivity index is 2.53. The second-order valence-corrected chi connectivity index (χ2v) is 7.97. The molecule has 0 aromatic rings. The third-order valence-electron chi connectivity index (χ3n) is 3.37. The number of hydrogen-bond acceptors (Lipinski definition) is 5. The van der Waals surface area contributed by atoms with Crippen molar-refractivity contribution in [3.05, 3.63) is 0 Å². The molecule has 2 N–H and O–H groups in total. The fourth-order valence-electron chi connectivity index (χ4n) is 2.38. The molecule has 23 heavy (non-hydrogen) atoms. The van der Waals surface area contributed by atoms with Gasteiger partial charge in [0.2, 0.25) is 0 Å². The minimum absolute atomic E-state index is 0.0277. The SMILES string of the molecule is CC(C)(C)OC(=O)NC[C@@H]1CN(C(=O)OC(C)(C)C)C[C@H]1CO. The smallest absolute Gasteiger partial charge is 0.410 e. The number of carbonyl (C=O) groups excluding carboxylic acids is 2. The molecule has 0 unspecified atom stereocenters. The molecule has 0 bridgehead atoms. The Morgan fingerprint density at radius 1 is 1.04 bits per heavy atom. The lowest BCUT2D eigenvalue weighted by atomic mass is 9.97. The van der Waals surface area contributed by atoms with Gasteiger partial charge in [0.25, 0.3) is 0 Å². The number of ether oxygens (including phenoxy) is 2. The number of aliphatic hydroxyl groups excluding tert-OH is 1. The van der Waals surface area contributed by atoms with Crippen molar-refractivity contribution in [3.8, 4) is 0 Å². The maximum Gasteiger partial charge on any atom is 0.410 e. The largest absolute Gasteiger partial charge is 0.444 e. The summed E-state index contributed by atoms with van der Waals surface area (Å²) in [5.74, 6) is -0.113. The number of amides is 2. The first-order chi connectivity index (χ1) is 10.4. The number of aliphatic hydroxyl groups is 1. The van der Waals surface area contributed by atoms with Crippen LogP contribution >= 0.6 is 0 Å². The van der Waals surface area contributed by atoms with Crippen molar-refractivity contribution in [2.24, 2.45) is 11.8 Å². The third-order valence-corrected chi connectivity index (χ3v) is 3.37. The van der Waals surface area contributed by atoms with Crippen LogP contribution in [0.4, 0.5) is 9.59 Å². The first-order valence-corrected chi connectivity index (χ1v) is 7.97. The highest BCUT2D eigenvalue weighted by Crippen LogP contribution is 2.24. The molecule has 0 saturated carbocycles. The average molecular weight is 330 g/mol. The fourth-order valence-corrected chi connectivity index (χ4v) is 2.38. The molecule has 1 fully saturated rings. The van der Waals surface area contributed by atoms with Crippen LogP contribution in [0.15, 0.2) is 0 Å². The van der Waals surface area contributed by atoms with Crippen LogP contribution in [0.1, 0.15) is 41.5 Å². The molecular formula is C16H30N2O5. The summed E-state index contributed by atoms with van der Waals surface area (Å²) in [5.41, 5.74) is -1.11. The van der Waals surface area contributed by atoms with E-state index in [0.29, 0.717) is 19.6 Å². The molecule has 0 radical (unpaired) electrons. The summed E-state index contributed by atoms with van der Waals surface area (Å²) in [5, 5.41) is 12.2. The van der Waals surface area contributed by atoms with Gasteiger partial charge in [0.1, 0.15) is 11.2 Å². The van der Waals surface area contributed by atoms with Gasteiger partial charge in [0.05, 0.1) is 0 Å². The van der Waals surface area contributed by atoms with E-state index in [1.807, 2.05) is 20.8 Å². The van der Waals surface area contributed by atoms with Crippen molar-refractivity contribution in [1.82, 2.24) is 10.2 Å². The molecule has 0 aliphatic carbocycles. The van der Waals surface area contributed by atoms with Crippen molar-refractivity contribution < 1.29 is 24.2 Å². The van der Waals surface area contributed by atoms with Crippen LogP contribution < -0.4 is 5.32 Å². The summed E-state index contributed by atoms with van der Waals surface area (Å²) in [4.78, 5) is 25.4. The van der Waals surface area contributed by atoms with Crippen LogP contribution in [0.25, 0.3) is 0 Å². The van der Waals surface area contributed by atoms with Crippen LogP contribution in [0.2, 0.25) is 0 Å². The zero-order chi connectivity index (χ0) is 17.8. The van der Waals surface area contributed by atoms with Gasteiger partial charge in [0, 0.05) is 38.1 Å². The zero-order valence-electron chi connectivity index (χ0n) is 15.0. The molecule has 1 rings (SSSR count). The lowest BCUT2D eigenvalue weighted by molar-refractivity contribution is 0.0281. The number of hydrogen-bond donors (Lipinski definition) is 2. The fraction of sp³-hybridized carbons (Fsp3) is 0.875. The van der Waals surface area contributed by atoms with Crippen LogP contribution in [0.3, 0.4) is 0 Å². The molecule has 2 amide bonds. The molecule has 1 aliphatic heterocycles. The average Bonchev–Trinajstić information content (AvgIpc) is 2.75. The minimum Gasteiger partial charge on any atom is -0.444 e. The number of carbonyl (C=O) groups is 2. The Kier molecular flexibility index (Phi) is 6.27. The van der Waals surface area contributed by atoms with E-state index in [1.165, 1.54) is 0 Å². The normalized spacial score (nSPS) is 22.0. The van der Waals surface area contributed by atoms with E-state index in [-0.39, 0.29) is 18.4 Å². The molecular weight excluding hydrogens is 300 g/mol. The summed E-state index contributed by atoms with van der Waals surface area (Å²) in [6, 6.07) is 0. The van der Waals surface area contributed by atoms with Crippen molar-refractivity contribution in [1.29, 1.82) is 0 Å². The van der Waals surface area contributed by atoms with E-state index in [0.717, 1.165) is 0 Å². The number of nitrogens with one attached hydrogen (secondary N) is 1. The van der Waals surface area contributed by atoms with E-state index in [1.54, 1.807) is 25.7 Å². The second-order valence-electron chi connectivity index (χ2n) is 7.97. The van der Waals surface area contributed by atoms with Crippen LogP contribution in [-0.4, -0.2) is 59.6 Å². The van der Waals surface area contributed by atoms with Crippen LogP contribution in [0.5, 0.6) is 0 Å². The van der Waals surface area contributed by atoms with Gasteiger partial charge in [-0.3, -0.25) is 0 Å². The predicted molar refractivity (Wildman–Crippen MR) is 86.1 cm³/mol. The predicted octanol–water partition coefficient (Wildman–Crippen LogP) is 1.99. The summed E-state index contributed by atoms with van der Waals surface area (Å²) >= 11 is 0. The first-order valence-electron chi connectivity index (χ1n) is 7.97. The zero-order valence-corrected chi connectivity index (χ0v) is 15.0. The topological polar surface area (TPSA) is 88.1 Å². The van der Waals surface area contributed by atoms with Gasteiger partial charge >= 0.3 is 12.2 Å². The van der Waals surface area contributed by atoms with E-state index < -0.39 is 23.4 Å². The highest BCUT2D eigenvalue weighted by Gasteiger charge is 2.37. The van der Waals surface area contributed by atoms with E-state index in [2.05, 4.69) is 5.32 Å². The van der Waals surface area contributed by atoms with Crippen molar-refractivity contribution in [2.75, 3.05) is 26.2 Å². The monoisotopic (exact) mass is 330 g/mol. The van der Waals surface area contributed by atoms with Gasteiger partial charge in [-0.15, -0.1) is 0 Å². The summed E-state index contributed by atoms with van der Waals surface area (Å²) in [7, 11) is 0. The molecule has 1 heterocycles. The Morgan fingerprint density at radius 2 is 1.57 bits per heavy atom. The molecule has 134 valence electrons. The molecule has 0 aromatic heterocycles. The van der Waals surface area contributed by atoms with Gasteiger partial charge in [-0.05, 0) is 41.5 Å². The quantitative estimate of drug-likeness (QED) is 0.826. The van der Waals surface area contributed by atoms with Gasteiger partial charge in [-0.25, -0.2) is 9.59 Å². The molecule has 2 atom stereocenters. The molecule has 1 saturated heterocycles. The van der Waals surface area contributed by atoms with Crippen LogP contribution in [0, 0.1) is 11.8 Å². The Labute approximate surface area is 138 Å². The van der Waals surface area contributed by atoms with Crippen molar-refractivity contribution >= 4 is 12.2 Å². The minimum atomic E-state index is -0.557. The highest BCUT2D eigenvalue weighted by molar-refractivity contribution is 5.69. The molecule has 0 spiro atoms. The number of nitrogens with zero attached hydrogens (tertiary/aromatic N) is 1. The van der Waals surface area contributed by atoms with Crippen molar-refractivity contribution in [3.63, 3.8) is 0 Å². The first kappa shape index (κ1) is 19.5. The van der Waals surface area contributed by atoms with E-state index in [4.69, 9.17) is 9.47 Å². The molecule has 0 aromatic carbocycles. The molecule has 7 heteroatoms. The van der Waals surface area contributed by atoms with Gasteiger partial charge in [0.15, 0.2) is 0 Å². The Morgan fingerprint density at radius 3 is 2.04 bits per heavy atom. The summed E-state index contributed by atoms with van der Waals surface area (Å²) in [6.45, 7) is 12.0. The molecule has 7 nitrogen and oxygen atoms in total. The number of likely N-dealkylation sites (tertiary alicyclic amines) is 1. The Hall–Kier alpha value is -1.50. The maximum atomic E-state index is 12.1. The van der Waals surface area contributed by atoms with Crippen LogP contribution in [-0.2, 0) is 9.47 Å². The van der Waals surface area contributed by atoms with Gasteiger partial charge < -0.3 is 24.8 Å². The maximum absolute atomic E-state index is 12.1. The lowest BCUT2D eigenvalue weighted by Crippen LogP contribution is -2.38. The van der Waals surface area contributed by atoms with Crippen molar-refractivity contribution in [2.45, 2.75) is 52.7 Å². The number of alkyl carbamates (subject to hydrolysis) is 1. The molecule has 1 aliphatic rings. The third kappa shape index (κ3) is 7.07. The summed E-state index contributed by atoms with van der Waals surface area (Å²) in [6.07, 6.45) is -0.888. The lowest BCUT2D eigenvalue weighted by Gasteiger charge is -2.24.